The third kappa shape index (κ3) is 5.12. The first-order valence-corrected chi connectivity index (χ1v) is 5.31. The van der Waals surface area contributed by atoms with Crippen molar-refractivity contribution >= 4 is 11.9 Å². The van der Waals surface area contributed by atoms with Crippen molar-refractivity contribution in [3.63, 3.8) is 0 Å². The second kappa shape index (κ2) is 6.65. The van der Waals surface area contributed by atoms with E-state index in [-0.39, 0.29) is 6.54 Å². The highest BCUT2D eigenvalue weighted by atomic mass is 16.4. The Balaban J connectivity index is 2.45. The molecule has 0 radical (unpaired) electrons. The Labute approximate surface area is 99.1 Å². The summed E-state index contributed by atoms with van der Waals surface area (Å²) in [5, 5.41) is 19.9. The molecule has 1 unspecified atom stereocenters. The van der Waals surface area contributed by atoms with E-state index in [4.69, 9.17) is 10.2 Å². The van der Waals surface area contributed by atoms with Crippen LogP contribution in [0.3, 0.4) is 0 Å². The topological polar surface area (TPSA) is 86.6 Å². The number of hydrogen-bond acceptors (Lipinski definition) is 3. The van der Waals surface area contributed by atoms with Crippen LogP contribution in [0.5, 0.6) is 0 Å². The lowest BCUT2D eigenvalue weighted by molar-refractivity contribution is -0.140. The van der Waals surface area contributed by atoms with Gasteiger partial charge in [-0.1, -0.05) is 30.3 Å². The molecule has 1 aromatic rings. The Morgan fingerprint density at radius 2 is 1.82 bits per heavy atom. The quantitative estimate of drug-likeness (QED) is 0.651. The van der Waals surface area contributed by atoms with Gasteiger partial charge < -0.3 is 10.2 Å². The van der Waals surface area contributed by atoms with Crippen LogP contribution in [0, 0.1) is 0 Å². The van der Waals surface area contributed by atoms with E-state index in [2.05, 4.69) is 5.32 Å². The van der Waals surface area contributed by atoms with E-state index in [9.17, 15) is 9.59 Å². The summed E-state index contributed by atoms with van der Waals surface area (Å²) in [4.78, 5) is 21.2. The Morgan fingerprint density at radius 1 is 1.18 bits per heavy atom. The Kier molecular flexibility index (Phi) is 5.16. The third-order valence-corrected chi connectivity index (χ3v) is 2.36. The largest absolute Gasteiger partial charge is 0.480 e. The Hall–Kier alpha value is -1.88. The van der Waals surface area contributed by atoms with Crippen LogP contribution in [0.25, 0.3) is 0 Å². The molecule has 1 atom stereocenters. The van der Waals surface area contributed by atoms with Crippen LogP contribution in [0.2, 0.25) is 0 Å². The lowest BCUT2D eigenvalue weighted by Gasteiger charge is -2.12. The lowest BCUT2D eigenvalue weighted by Crippen LogP contribution is -2.40. The molecule has 0 saturated carbocycles. The van der Waals surface area contributed by atoms with Crippen molar-refractivity contribution in [2.45, 2.75) is 18.9 Å². The van der Waals surface area contributed by atoms with Crippen molar-refractivity contribution in [3.05, 3.63) is 35.9 Å². The van der Waals surface area contributed by atoms with Gasteiger partial charge in [-0.2, -0.15) is 0 Å². The smallest absolute Gasteiger partial charge is 0.320 e. The number of hydrogen-bond donors (Lipinski definition) is 3. The number of benzene rings is 1. The summed E-state index contributed by atoms with van der Waals surface area (Å²) in [6.45, 7) is -0.342. The third-order valence-electron chi connectivity index (χ3n) is 2.36. The van der Waals surface area contributed by atoms with Crippen LogP contribution in [-0.4, -0.2) is 34.7 Å². The molecule has 0 aromatic heterocycles. The maximum absolute atomic E-state index is 10.9. The second-order valence-corrected chi connectivity index (χ2v) is 3.69. The summed E-state index contributed by atoms with van der Waals surface area (Å²) in [5.74, 6) is -2.09. The van der Waals surface area contributed by atoms with E-state index in [0.29, 0.717) is 12.8 Å². The van der Waals surface area contributed by atoms with E-state index in [1.165, 1.54) is 0 Å². The van der Waals surface area contributed by atoms with Crippen LogP contribution < -0.4 is 5.32 Å². The molecule has 1 aromatic carbocycles. The maximum Gasteiger partial charge on any atom is 0.320 e. The first-order valence-electron chi connectivity index (χ1n) is 5.31. The molecule has 0 saturated heterocycles. The van der Waals surface area contributed by atoms with Crippen molar-refractivity contribution in [3.8, 4) is 0 Å². The molecule has 0 spiro atoms. The van der Waals surface area contributed by atoms with Gasteiger partial charge in [0.15, 0.2) is 0 Å². The zero-order chi connectivity index (χ0) is 12.7. The SMILES string of the molecule is O=C(O)CNC(CCc1ccccc1)C(=O)O. The van der Waals surface area contributed by atoms with Gasteiger partial charge in [0.05, 0.1) is 6.54 Å². The molecule has 5 nitrogen and oxygen atoms in total. The fourth-order valence-corrected chi connectivity index (χ4v) is 1.48. The minimum Gasteiger partial charge on any atom is -0.480 e. The Bertz CT molecular complexity index is 377. The van der Waals surface area contributed by atoms with Crippen LogP contribution >= 0.6 is 0 Å². The standard InChI is InChI=1S/C12H15NO4/c14-11(15)8-13-10(12(16)17)7-6-9-4-2-1-3-5-9/h1-5,10,13H,6-8H2,(H,14,15)(H,16,17). The predicted molar refractivity (Wildman–Crippen MR) is 61.8 cm³/mol. The lowest BCUT2D eigenvalue weighted by atomic mass is 10.1. The minimum atomic E-state index is -1.06. The molecule has 0 fully saturated rings. The number of carboxylic acids is 2. The molecular formula is C12H15NO4. The van der Waals surface area contributed by atoms with Crippen molar-refractivity contribution < 1.29 is 19.8 Å². The average molecular weight is 237 g/mol. The Morgan fingerprint density at radius 3 is 2.35 bits per heavy atom. The number of carboxylic acid groups (broad SMARTS) is 2. The van der Waals surface area contributed by atoms with Gasteiger partial charge in [0.2, 0.25) is 0 Å². The van der Waals surface area contributed by atoms with Crippen molar-refractivity contribution in [2.24, 2.45) is 0 Å². The van der Waals surface area contributed by atoms with Crippen LogP contribution in [0.1, 0.15) is 12.0 Å². The normalized spacial score (nSPS) is 12.0. The average Bonchev–Trinajstić information content (AvgIpc) is 2.29. The van der Waals surface area contributed by atoms with Crippen LogP contribution in [0.4, 0.5) is 0 Å². The zero-order valence-corrected chi connectivity index (χ0v) is 9.30. The summed E-state index contributed by atoms with van der Waals surface area (Å²) in [7, 11) is 0. The molecule has 0 bridgehead atoms. The molecule has 92 valence electrons. The fraction of sp³-hybridized carbons (Fsp3) is 0.333. The van der Waals surface area contributed by atoms with Gasteiger partial charge >= 0.3 is 11.9 Å². The molecule has 0 amide bonds. The van der Waals surface area contributed by atoms with Crippen molar-refractivity contribution in [1.29, 1.82) is 0 Å². The monoisotopic (exact) mass is 237 g/mol. The van der Waals surface area contributed by atoms with Gasteiger partial charge in [-0.15, -0.1) is 0 Å². The van der Waals surface area contributed by atoms with Gasteiger partial charge in [0.1, 0.15) is 6.04 Å². The summed E-state index contributed by atoms with van der Waals surface area (Å²) >= 11 is 0. The molecular weight excluding hydrogens is 222 g/mol. The molecule has 0 aliphatic carbocycles. The first kappa shape index (κ1) is 13.2. The summed E-state index contributed by atoms with van der Waals surface area (Å²) in [6, 6.07) is 8.66. The number of aliphatic carboxylic acids is 2. The highest BCUT2D eigenvalue weighted by molar-refractivity contribution is 5.75. The molecule has 0 aliphatic rings. The van der Waals surface area contributed by atoms with E-state index in [0.717, 1.165) is 5.56 Å². The van der Waals surface area contributed by atoms with Crippen LogP contribution in [-0.2, 0) is 16.0 Å². The number of nitrogens with one attached hydrogen (secondary N) is 1. The molecule has 0 heterocycles. The molecule has 0 aliphatic heterocycles. The van der Waals surface area contributed by atoms with E-state index >= 15 is 0 Å². The predicted octanol–water partition coefficient (Wildman–Crippen LogP) is 0.747. The van der Waals surface area contributed by atoms with Gasteiger partial charge in [-0.25, -0.2) is 0 Å². The van der Waals surface area contributed by atoms with Crippen LogP contribution in [0.15, 0.2) is 30.3 Å². The molecule has 3 N–H and O–H groups in total. The highest BCUT2D eigenvalue weighted by Gasteiger charge is 2.17. The first-order chi connectivity index (χ1) is 8.09. The summed E-state index contributed by atoms with van der Waals surface area (Å²) in [5.41, 5.74) is 1.04. The van der Waals surface area contributed by atoms with Gasteiger partial charge in [0.25, 0.3) is 0 Å². The van der Waals surface area contributed by atoms with E-state index < -0.39 is 18.0 Å². The highest BCUT2D eigenvalue weighted by Crippen LogP contribution is 2.05. The molecule has 17 heavy (non-hydrogen) atoms. The number of aryl methyl sites for hydroxylation is 1. The summed E-state index contributed by atoms with van der Waals surface area (Å²) in [6.07, 6.45) is 0.969. The molecule has 1 rings (SSSR count). The van der Waals surface area contributed by atoms with Gasteiger partial charge in [-0.05, 0) is 18.4 Å². The van der Waals surface area contributed by atoms with Crippen molar-refractivity contribution in [2.75, 3.05) is 6.54 Å². The minimum absolute atomic E-state index is 0.342. The van der Waals surface area contributed by atoms with Gasteiger partial charge in [0, 0.05) is 0 Å². The van der Waals surface area contributed by atoms with E-state index in [1.54, 1.807) is 0 Å². The van der Waals surface area contributed by atoms with E-state index in [1.807, 2.05) is 30.3 Å². The maximum atomic E-state index is 10.9. The number of rotatable bonds is 7. The fourth-order valence-electron chi connectivity index (χ4n) is 1.48. The molecule has 5 heteroatoms. The second-order valence-electron chi connectivity index (χ2n) is 3.69. The summed E-state index contributed by atoms with van der Waals surface area (Å²) < 4.78 is 0. The van der Waals surface area contributed by atoms with Gasteiger partial charge in [-0.3, -0.25) is 14.9 Å². The van der Waals surface area contributed by atoms with Crippen molar-refractivity contribution in [1.82, 2.24) is 5.32 Å². The zero-order valence-electron chi connectivity index (χ0n) is 9.30. The number of carbonyl (C=O) groups is 2.